The number of aromatic nitrogens is 3. The fourth-order valence-corrected chi connectivity index (χ4v) is 3.48. The van der Waals surface area contributed by atoms with Crippen LogP contribution in [0.25, 0.3) is 27.6 Å². The minimum atomic E-state index is 0.666. The summed E-state index contributed by atoms with van der Waals surface area (Å²) in [5, 5.41) is 5.70. The summed E-state index contributed by atoms with van der Waals surface area (Å²) in [6, 6.07) is 13.4. The highest BCUT2D eigenvalue weighted by molar-refractivity contribution is 6.33. The van der Waals surface area contributed by atoms with Crippen molar-refractivity contribution in [3.8, 4) is 5.69 Å². The lowest BCUT2D eigenvalue weighted by molar-refractivity contribution is 0.832. The van der Waals surface area contributed by atoms with Gasteiger partial charge in [0.25, 0.3) is 0 Å². The Morgan fingerprint density at radius 3 is 2.77 bits per heavy atom. The van der Waals surface area contributed by atoms with E-state index in [4.69, 9.17) is 28.2 Å². The van der Waals surface area contributed by atoms with Gasteiger partial charge in [-0.25, -0.2) is 9.97 Å². The van der Waals surface area contributed by atoms with E-state index in [0.29, 0.717) is 10.0 Å². The van der Waals surface area contributed by atoms with Crippen molar-refractivity contribution < 1.29 is 0 Å². The molecule has 26 heavy (non-hydrogen) atoms. The molecule has 0 saturated carbocycles. The van der Waals surface area contributed by atoms with Gasteiger partial charge in [0.1, 0.15) is 11.8 Å². The van der Waals surface area contributed by atoms with Crippen molar-refractivity contribution >= 4 is 51.0 Å². The summed E-state index contributed by atoms with van der Waals surface area (Å²) in [7, 11) is 0. The van der Waals surface area contributed by atoms with Crippen LogP contribution >= 0.6 is 23.2 Å². The Labute approximate surface area is 161 Å². The standard InChI is InChI=1S/C20H18Cl2N4/c1-2-3-10-23-20-18-19(14-11-13(21)8-9-16(14)25-20)26(12-24-18)17-7-5-4-6-15(17)22/h4-9,11-12H,2-3,10H2,1H3,(H,23,25). The van der Waals surface area contributed by atoms with E-state index in [-0.39, 0.29) is 0 Å². The highest BCUT2D eigenvalue weighted by atomic mass is 35.5. The number of fused-ring (bicyclic) bond motifs is 3. The molecule has 2 aromatic carbocycles. The van der Waals surface area contributed by atoms with E-state index in [1.54, 1.807) is 6.33 Å². The van der Waals surface area contributed by atoms with Crippen molar-refractivity contribution in [1.82, 2.24) is 14.5 Å². The second-order valence-electron chi connectivity index (χ2n) is 6.17. The number of imidazole rings is 1. The quantitative estimate of drug-likeness (QED) is 0.423. The van der Waals surface area contributed by atoms with Crippen molar-refractivity contribution in [2.24, 2.45) is 0 Å². The van der Waals surface area contributed by atoms with E-state index >= 15 is 0 Å². The van der Waals surface area contributed by atoms with Crippen LogP contribution in [0.3, 0.4) is 0 Å². The van der Waals surface area contributed by atoms with Crippen molar-refractivity contribution in [3.05, 3.63) is 58.8 Å². The second kappa shape index (κ2) is 7.14. The molecule has 132 valence electrons. The van der Waals surface area contributed by atoms with Crippen LogP contribution in [0.15, 0.2) is 48.8 Å². The number of rotatable bonds is 5. The molecule has 2 heterocycles. The largest absolute Gasteiger partial charge is 0.368 e. The van der Waals surface area contributed by atoms with Crippen LogP contribution in [0, 0.1) is 0 Å². The number of anilines is 1. The minimum absolute atomic E-state index is 0.666. The Morgan fingerprint density at radius 2 is 1.96 bits per heavy atom. The zero-order valence-electron chi connectivity index (χ0n) is 14.3. The lowest BCUT2D eigenvalue weighted by Gasteiger charge is -2.11. The van der Waals surface area contributed by atoms with E-state index < -0.39 is 0 Å². The number of halogens is 2. The molecular formula is C20H18Cl2N4. The van der Waals surface area contributed by atoms with Crippen LogP contribution in [0.4, 0.5) is 5.82 Å². The van der Waals surface area contributed by atoms with Gasteiger partial charge in [-0.05, 0) is 36.8 Å². The van der Waals surface area contributed by atoms with Gasteiger partial charge in [0, 0.05) is 17.0 Å². The van der Waals surface area contributed by atoms with Gasteiger partial charge in [-0.1, -0.05) is 48.7 Å². The van der Waals surface area contributed by atoms with Gasteiger partial charge in [-0.15, -0.1) is 0 Å². The first-order valence-electron chi connectivity index (χ1n) is 8.64. The van der Waals surface area contributed by atoms with Crippen LogP contribution in [0.5, 0.6) is 0 Å². The van der Waals surface area contributed by atoms with E-state index in [1.807, 2.05) is 47.0 Å². The lowest BCUT2D eigenvalue weighted by Crippen LogP contribution is -2.04. The fraction of sp³-hybridized carbons (Fsp3) is 0.200. The molecule has 4 aromatic rings. The summed E-state index contributed by atoms with van der Waals surface area (Å²) in [5.74, 6) is 0.786. The van der Waals surface area contributed by atoms with Gasteiger partial charge < -0.3 is 5.32 Å². The number of nitrogens with zero attached hydrogens (tertiary/aromatic N) is 3. The van der Waals surface area contributed by atoms with E-state index in [0.717, 1.165) is 52.8 Å². The van der Waals surface area contributed by atoms with Gasteiger partial charge in [0.15, 0.2) is 5.82 Å². The summed E-state index contributed by atoms with van der Waals surface area (Å²) >= 11 is 12.7. The number of unbranched alkanes of at least 4 members (excludes halogenated alkanes) is 1. The van der Waals surface area contributed by atoms with Gasteiger partial charge >= 0.3 is 0 Å². The predicted octanol–water partition coefficient (Wildman–Crippen LogP) is 6.09. The van der Waals surface area contributed by atoms with Gasteiger partial charge in [0.2, 0.25) is 0 Å². The van der Waals surface area contributed by atoms with Gasteiger partial charge in [0.05, 0.1) is 21.7 Å². The Hall–Kier alpha value is -2.30. The molecule has 2 aromatic heterocycles. The molecule has 0 atom stereocenters. The Balaban J connectivity index is 2.01. The van der Waals surface area contributed by atoms with Crippen molar-refractivity contribution in [1.29, 1.82) is 0 Å². The normalized spacial score (nSPS) is 11.3. The summed E-state index contributed by atoms with van der Waals surface area (Å²) in [5.41, 5.74) is 3.51. The molecule has 4 rings (SSSR count). The van der Waals surface area contributed by atoms with Crippen LogP contribution in [0.1, 0.15) is 19.8 Å². The molecule has 0 amide bonds. The first-order chi connectivity index (χ1) is 12.7. The minimum Gasteiger partial charge on any atom is -0.368 e. The third kappa shape index (κ3) is 3.00. The molecule has 0 aliphatic rings. The second-order valence-corrected chi connectivity index (χ2v) is 7.01. The Bertz CT molecular complexity index is 1090. The average molecular weight is 385 g/mol. The molecule has 0 aliphatic heterocycles. The van der Waals surface area contributed by atoms with Crippen LogP contribution in [0.2, 0.25) is 10.0 Å². The molecule has 4 nitrogen and oxygen atoms in total. The number of para-hydroxylation sites is 1. The third-order valence-corrected chi connectivity index (χ3v) is 4.93. The summed E-state index contributed by atoms with van der Waals surface area (Å²) in [4.78, 5) is 9.40. The Kier molecular flexibility index (Phi) is 4.70. The number of hydrogen-bond donors (Lipinski definition) is 1. The molecule has 0 spiro atoms. The van der Waals surface area contributed by atoms with E-state index in [2.05, 4.69) is 17.2 Å². The maximum absolute atomic E-state index is 6.43. The molecule has 0 aliphatic carbocycles. The average Bonchev–Trinajstić information content (AvgIpc) is 3.08. The lowest BCUT2D eigenvalue weighted by atomic mass is 10.1. The number of benzene rings is 2. The SMILES string of the molecule is CCCCNc1nc2ccc(Cl)cc2c2c1ncn2-c1ccccc1Cl. The molecule has 0 unspecified atom stereocenters. The first-order valence-corrected chi connectivity index (χ1v) is 9.39. The molecule has 0 saturated heterocycles. The van der Waals surface area contributed by atoms with Crippen molar-refractivity contribution in [2.75, 3.05) is 11.9 Å². The molecule has 0 radical (unpaired) electrons. The molecule has 0 bridgehead atoms. The summed E-state index contributed by atoms with van der Waals surface area (Å²) in [6.45, 7) is 3.02. The predicted molar refractivity (Wildman–Crippen MR) is 110 cm³/mol. The number of pyridine rings is 1. The van der Waals surface area contributed by atoms with Crippen molar-refractivity contribution in [2.45, 2.75) is 19.8 Å². The summed E-state index contributed by atoms with van der Waals surface area (Å²) in [6.07, 6.45) is 3.99. The van der Waals surface area contributed by atoms with E-state index in [1.165, 1.54) is 0 Å². The number of hydrogen-bond acceptors (Lipinski definition) is 3. The van der Waals surface area contributed by atoms with Crippen LogP contribution < -0.4 is 5.32 Å². The molecule has 1 N–H and O–H groups in total. The molecule has 0 fully saturated rings. The third-order valence-electron chi connectivity index (χ3n) is 4.37. The van der Waals surface area contributed by atoms with E-state index in [9.17, 15) is 0 Å². The highest BCUT2D eigenvalue weighted by Crippen LogP contribution is 2.33. The maximum atomic E-state index is 6.43. The number of nitrogens with one attached hydrogen (secondary N) is 1. The van der Waals surface area contributed by atoms with Gasteiger partial charge in [-0.3, -0.25) is 4.57 Å². The zero-order valence-corrected chi connectivity index (χ0v) is 15.8. The monoisotopic (exact) mass is 384 g/mol. The highest BCUT2D eigenvalue weighted by Gasteiger charge is 2.16. The van der Waals surface area contributed by atoms with Crippen LogP contribution in [-0.2, 0) is 0 Å². The smallest absolute Gasteiger partial charge is 0.154 e. The van der Waals surface area contributed by atoms with Gasteiger partial charge in [-0.2, -0.15) is 0 Å². The maximum Gasteiger partial charge on any atom is 0.154 e. The molecule has 6 heteroatoms. The van der Waals surface area contributed by atoms with Crippen molar-refractivity contribution in [3.63, 3.8) is 0 Å². The van der Waals surface area contributed by atoms with Crippen LogP contribution in [-0.4, -0.2) is 21.1 Å². The fourth-order valence-electron chi connectivity index (χ4n) is 3.08. The summed E-state index contributed by atoms with van der Waals surface area (Å²) < 4.78 is 2.00. The Morgan fingerprint density at radius 1 is 1.12 bits per heavy atom. The first kappa shape index (κ1) is 17.1. The molecular weight excluding hydrogens is 367 g/mol. The topological polar surface area (TPSA) is 42.7 Å². The zero-order chi connectivity index (χ0) is 18.1.